The van der Waals surface area contributed by atoms with Crippen LogP contribution in [0.25, 0.3) is 0 Å². The Hall–Kier alpha value is -1.64. The smallest absolute Gasteiger partial charge is 0.161 e. The molecule has 2 aliphatic heterocycles. The fourth-order valence-corrected chi connectivity index (χ4v) is 1.30. The van der Waals surface area contributed by atoms with Crippen LogP contribution in [-0.2, 0) is 4.79 Å². The van der Waals surface area contributed by atoms with Gasteiger partial charge in [0.25, 0.3) is 0 Å². The summed E-state index contributed by atoms with van der Waals surface area (Å²) in [7, 11) is 0. The summed E-state index contributed by atoms with van der Waals surface area (Å²) in [5.41, 5.74) is 0.731. The Labute approximate surface area is 76.8 Å². The second-order valence-corrected chi connectivity index (χ2v) is 3.00. The SMILES string of the molecule is CC(=O)C1=CN2CC=CN=C2C=C1. The van der Waals surface area contributed by atoms with Crippen LogP contribution in [0, 0.1) is 0 Å². The standard InChI is InChI=1S/C10H10N2O/c1-8(13)9-3-4-10-11-5-2-6-12(10)7-9/h2-5,7H,6H2,1H3. The first kappa shape index (κ1) is 7.98. The van der Waals surface area contributed by atoms with E-state index in [4.69, 9.17) is 0 Å². The van der Waals surface area contributed by atoms with Gasteiger partial charge < -0.3 is 4.90 Å². The molecule has 2 aliphatic rings. The zero-order valence-electron chi connectivity index (χ0n) is 7.40. The molecule has 2 rings (SSSR count). The van der Waals surface area contributed by atoms with E-state index in [0.29, 0.717) is 0 Å². The first-order valence-electron chi connectivity index (χ1n) is 4.17. The number of Topliss-reactive ketones (excluding diaryl/α,β-unsaturated/α-hetero) is 1. The minimum atomic E-state index is 0.0878. The van der Waals surface area contributed by atoms with Crippen molar-refractivity contribution in [3.63, 3.8) is 0 Å². The lowest BCUT2D eigenvalue weighted by Crippen LogP contribution is -2.29. The normalized spacial score (nSPS) is 19.3. The van der Waals surface area contributed by atoms with E-state index in [1.165, 1.54) is 0 Å². The number of rotatable bonds is 1. The van der Waals surface area contributed by atoms with Crippen molar-refractivity contribution in [1.82, 2.24) is 4.90 Å². The van der Waals surface area contributed by atoms with E-state index in [1.54, 1.807) is 19.2 Å². The van der Waals surface area contributed by atoms with Gasteiger partial charge >= 0.3 is 0 Å². The van der Waals surface area contributed by atoms with Gasteiger partial charge in [-0.15, -0.1) is 0 Å². The molecule has 0 radical (unpaired) electrons. The second kappa shape index (κ2) is 3.01. The van der Waals surface area contributed by atoms with Crippen molar-refractivity contribution < 1.29 is 4.79 Å². The van der Waals surface area contributed by atoms with Gasteiger partial charge in [-0.25, -0.2) is 4.99 Å². The molecular formula is C10H10N2O. The van der Waals surface area contributed by atoms with E-state index in [0.717, 1.165) is 18.0 Å². The van der Waals surface area contributed by atoms with Crippen LogP contribution < -0.4 is 0 Å². The number of ketones is 1. The van der Waals surface area contributed by atoms with Crippen molar-refractivity contribution in [2.45, 2.75) is 6.92 Å². The molecule has 0 aromatic rings. The quantitative estimate of drug-likeness (QED) is 0.599. The van der Waals surface area contributed by atoms with E-state index in [1.807, 2.05) is 23.3 Å². The summed E-state index contributed by atoms with van der Waals surface area (Å²) in [5.74, 6) is 0.984. The molecular weight excluding hydrogens is 164 g/mol. The number of carbonyl (C=O) groups excluding carboxylic acids is 1. The largest absolute Gasteiger partial charge is 0.328 e. The molecule has 2 heterocycles. The number of carbonyl (C=O) groups is 1. The lowest BCUT2D eigenvalue weighted by Gasteiger charge is -2.24. The molecule has 0 amide bonds. The van der Waals surface area contributed by atoms with Crippen molar-refractivity contribution in [1.29, 1.82) is 0 Å². The van der Waals surface area contributed by atoms with Gasteiger partial charge in [0.1, 0.15) is 5.84 Å². The minimum Gasteiger partial charge on any atom is -0.328 e. The number of fused-ring (bicyclic) bond motifs is 1. The molecule has 66 valence electrons. The number of hydrogen-bond donors (Lipinski definition) is 0. The summed E-state index contributed by atoms with van der Waals surface area (Å²) < 4.78 is 0. The molecule has 0 N–H and O–H groups in total. The lowest BCUT2D eigenvalue weighted by molar-refractivity contribution is -0.113. The molecule has 0 fully saturated rings. The number of amidine groups is 1. The Bertz CT molecular complexity index is 361. The predicted molar refractivity (Wildman–Crippen MR) is 51.2 cm³/mol. The predicted octanol–water partition coefficient (Wildman–Crippen LogP) is 1.26. The van der Waals surface area contributed by atoms with Crippen LogP contribution >= 0.6 is 0 Å². The third kappa shape index (κ3) is 1.45. The first-order chi connectivity index (χ1) is 6.27. The van der Waals surface area contributed by atoms with Crippen LogP contribution in [0.15, 0.2) is 41.2 Å². The van der Waals surface area contributed by atoms with Gasteiger partial charge in [0.05, 0.1) is 0 Å². The van der Waals surface area contributed by atoms with Crippen molar-refractivity contribution in [2.75, 3.05) is 6.54 Å². The van der Waals surface area contributed by atoms with Crippen LogP contribution in [0.2, 0.25) is 0 Å². The van der Waals surface area contributed by atoms with Crippen molar-refractivity contribution in [3.05, 3.63) is 36.2 Å². The Morgan fingerprint density at radius 3 is 3.15 bits per heavy atom. The molecule has 0 atom stereocenters. The van der Waals surface area contributed by atoms with Crippen LogP contribution in [0.3, 0.4) is 0 Å². The fourth-order valence-electron chi connectivity index (χ4n) is 1.30. The molecule has 3 nitrogen and oxygen atoms in total. The number of allylic oxidation sites excluding steroid dienone is 2. The Morgan fingerprint density at radius 1 is 1.54 bits per heavy atom. The summed E-state index contributed by atoms with van der Waals surface area (Å²) in [6.45, 7) is 2.36. The molecule has 0 spiro atoms. The lowest BCUT2D eigenvalue weighted by atomic mass is 10.1. The molecule has 13 heavy (non-hydrogen) atoms. The van der Waals surface area contributed by atoms with Crippen molar-refractivity contribution in [2.24, 2.45) is 4.99 Å². The van der Waals surface area contributed by atoms with E-state index in [9.17, 15) is 4.79 Å². The summed E-state index contributed by atoms with van der Waals surface area (Å²) in [4.78, 5) is 17.2. The summed E-state index contributed by atoms with van der Waals surface area (Å²) in [6, 6.07) is 0. The van der Waals surface area contributed by atoms with Gasteiger partial charge in [-0.1, -0.05) is 0 Å². The van der Waals surface area contributed by atoms with Crippen LogP contribution in [0.1, 0.15) is 6.92 Å². The highest BCUT2D eigenvalue weighted by atomic mass is 16.1. The number of nitrogens with zero attached hydrogens (tertiary/aromatic N) is 2. The third-order valence-corrected chi connectivity index (χ3v) is 2.02. The molecule has 0 aliphatic carbocycles. The summed E-state index contributed by atoms with van der Waals surface area (Å²) >= 11 is 0. The van der Waals surface area contributed by atoms with Gasteiger partial charge in [-0.2, -0.15) is 0 Å². The maximum atomic E-state index is 11.1. The Balaban J connectivity index is 2.30. The average Bonchev–Trinajstić information content (AvgIpc) is 2.17. The number of aliphatic imine (C=N–C) groups is 1. The maximum Gasteiger partial charge on any atom is 0.161 e. The van der Waals surface area contributed by atoms with Crippen LogP contribution in [0.5, 0.6) is 0 Å². The molecule has 0 aromatic heterocycles. The molecule has 3 heteroatoms. The number of hydrogen-bond acceptors (Lipinski definition) is 3. The van der Waals surface area contributed by atoms with E-state index >= 15 is 0 Å². The molecule has 0 bridgehead atoms. The highest BCUT2D eigenvalue weighted by molar-refractivity contribution is 6.03. The first-order valence-corrected chi connectivity index (χ1v) is 4.17. The monoisotopic (exact) mass is 174 g/mol. The molecule has 0 aromatic carbocycles. The highest BCUT2D eigenvalue weighted by Crippen LogP contribution is 2.13. The second-order valence-electron chi connectivity index (χ2n) is 3.00. The summed E-state index contributed by atoms with van der Waals surface area (Å²) in [5, 5.41) is 0. The minimum absolute atomic E-state index is 0.0878. The van der Waals surface area contributed by atoms with Gasteiger partial charge in [0, 0.05) is 24.5 Å². The zero-order chi connectivity index (χ0) is 9.26. The molecule has 0 unspecified atom stereocenters. The van der Waals surface area contributed by atoms with E-state index in [-0.39, 0.29) is 5.78 Å². The topological polar surface area (TPSA) is 32.7 Å². The fraction of sp³-hybridized carbons (Fsp3) is 0.200. The van der Waals surface area contributed by atoms with Crippen molar-refractivity contribution in [3.8, 4) is 0 Å². The van der Waals surface area contributed by atoms with E-state index < -0.39 is 0 Å². The van der Waals surface area contributed by atoms with E-state index in [2.05, 4.69) is 4.99 Å². The maximum absolute atomic E-state index is 11.1. The Kier molecular flexibility index (Phi) is 1.85. The Morgan fingerprint density at radius 2 is 2.38 bits per heavy atom. The zero-order valence-corrected chi connectivity index (χ0v) is 7.40. The van der Waals surface area contributed by atoms with Crippen LogP contribution in [-0.4, -0.2) is 23.1 Å². The van der Waals surface area contributed by atoms with Crippen LogP contribution in [0.4, 0.5) is 0 Å². The van der Waals surface area contributed by atoms with Gasteiger partial charge in [0.15, 0.2) is 5.78 Å². The van der Waals surface area contributed by atoms with Gasteiger partial charge in [-0.05, 0) is 25.2 Å². The third-order valence-electron chi connectivity index (χ3n) is 2.02. The van der Waals surface area contributed by atoms with Crippen molar-refractivity contribution >= 4 is 11.6 Å². The average molecular weight is 174 g/mol. The molecule has 0 saturated carbocycles. The van der Waals surface area contributed by atoms with Gasteiger partial charge in [-0.3, -0.25) is 4.79 Å². The molecule has 0 saturated heterocycles. The summed E-state index contributed by atoms with van der Waals surface area (Å²) in [6.07, 6.45) is 9.24. The highest BCUT2D eigenvalue weighted by Gasteiger charge is 2.14. The van der Waals surface area contributed by atoms with Gasteiger partial charge in [0.2, 0.25) is 0 Å².